The fourth-order valence-electron chi connectivity index (χ4n) is 3.86. The van der Waals surface area contributed by atoms with E-state index in [0.717, 1.165) is 21.9 Å². The molecule has 0 atom stereocenters. The van der Waals surface area contributed by atoms with E-state index in [9.17, 15) is 25.9 Å². The summed E-state index contributed by atoms with van der Waals surface area (Å²) >= 11 is 0. The van der Waals surface area contributed by atoms with E-state index in [-0.39, 0.29) is 47.5 Å². The maximum absolute atomic E-state index is 11.2. The molecule has 6 nitrogen and oxygen atoms in total. The van der Waals surface area contributed by atoms with Crippen LogP contribution < -0.4 is 0 Å². The van der Waals surface area contributed by atoms with Crippen molar-refractivity contribution >= 4 is 79.5 Å². The van der Waals surface area contributed by atoms with Crippen molar-refractivity contribution in [2.24, 2.45) is 0 Å². The zero-order valence-electron chi connectivity index (χ0n) is 18.7. The molecular weight excluding hydrogens is 488 g/mol. The third kappa shape index (κ3) is 5.95. The van der Waals surface area contributed by atoms with E-state index in [1.165, 1.54) is 0 Å². The quantitative estimate of drug-likeness (QED) is 0.293. The van der Waals surface area contributed by atoms with E-state index < -0.39 is 20.2 Å². The smallest absolute Gasteiger partial charge is 0.744 e. The van der Waals surface area contributed by atoms with Crippen LogP contribution in [0.5, 0.6) is 0 Å². The molecule has 0 saturated heterocycles. The van der Waals surface area contributed by atoms with Crippen molar-refractivity contribution in [2.75, 3.05) is 0 Å². The average molecular weight is 511 g/mol. The number of aryl methyl sites for hydroxylation is 4. The first-order valence-electron chi connectivity index (χ1n) is 9.72. The van der Waals surface area contributed by atoms with Crippen LogP contribution in [0, 0.1) is 27.7 Å². The Morgan fingerprint density at radius 2 is 0.818 bits per heavy atom. The van der Waals surface area contributed by atoms with Gasteiger partial charge in [0.25, 0.3) is 0 Å². The summed E-state index contributed by atoms with van der Waals surface area (Å²) in [6.07, 6.45) is 0. The maximum atomic E-state index is 11.2. The number of rotatable bonds is 2. The minimum absolute atomic E-state index is 0. The first-order valence-corrected chi connectivity index (χ1v) is 12.5. The van der Waals surface area contributed by atoms with Gasteiger partial charge in [0.15, 0.2) is 0 Å². The van der Waals surface area contributed by atoms with Crippen LogP contribution in [0.1, 0.15) is 22.3 Å². The van der Waals surface area contributed by atoms with Crippen molar-refractivity contribution in [2.45, 2.75) is 37.5 Å². The molecule has 4 aromatic carbocycles. The second kappa shape index (κ2) is 10.4. The molecule has 0 heterocycles. The van der Waals surface area contributed by atoms with Gasteiger partial charge in [0.05, 0.1) is 9.79 Å². The fourth-order valence-corrected chi connectivity index (χ4v) is 5.68. The van der Waals surface area contributed by atoms with Crippen LogP contribution in [0.2, 0.25) is 0 Å². The van der Waals surface area contributed by atoms with Gasteiger partial charge in [0.1, 0.15) is 20.2 Å². The molecule has 0 spiro atoms. The molecule has 0 N–H and O–H groups in total. The molecule has 9 heteroatoms. The molecule has 0 radical (unpaired) electrons. The van der Waals surface area contributed by atoms with Gasteiger partial charge in [-0.2, -0.15) is 0 Å². The van der Waals surface area contributed by atoms with Crippen molar-refractivity contribution in [3.05, 3.63) is 82.9 Å². The Morgan fingerprint density at radius 1 is 0.485 bits per heavy atom. The van der Waals surface area contributed by atoms with Crippen LogP contribution in [-0.2, 0) is 20.2 Å². The molecule has 33 heavy (non-hydrogen) atoms. The summed E-state index contributed by atoms with van der Waals surface area (Å²) in [6, 6.07) is 17.6. The maximum Gasteiger partial charge on any atom is 2.00 e. The predicted octanol–water partition coefficient (Wildman–Crippen LogP) is 4.34. The van der Waals surface area contributed by atoms with Crippen LogP contribution in [0.15, 0.2) is 70.5 Å². The molecule has 0 aliphatic carbocycles. The van der Waals surface area contributed by atoms with Gasteiger partial charge in [-0.15, -0.1) is 0 Å². The van der Waals surface area contributed by atoms with Crippen molar-refractivity contribution < 1.29 is 25.9 Å². The Hall–Kier alpha value is -1.52. The van der Waals surface area contributed by atoms with Crippen LogP contribution >= 0.6 is 0 Å². The van der Waals surface area contributed by atoms with E-state index in [4.69, 9.17) is 0 Å². The monoisotopic (exact) mass is 510 g/mol. The number of benzene rings is 4. The Balaban J connectivity index is 0.000000227. The summed E-state index contributed by atoms with van der Waals surface area (Å²) in [7, 11) is -8.85. The van der Waals surface area contributed by atoms with Crippen molar-refractivity contribution in [3.8, 4) is 0 Å². The van der Waals surface area contributed by atoms with Crippen molar-refractivity contribution in [3.63, 3.8) is 0 Å². The second-order valence-electron chi connectivity index (χ2n) is 7.67. The van der Waals surface area contributed by atoms with Crippen LogP contribution in [0.4, 0.5) is 0 Å². The van der Waals surface area contributed by atoms with Crippen molar-refractivity contribution in [1.82, 2.24) is 0 Å². The Bertz CT molecular complexity index is 1440. The zero-order chi connectivity index (χ0) is 23.8. The topological polar surface area (TPSA) is 114 Å². The largest absolute Gasteiger partial charge is 2.00 e. The number of hydrogen-bond donors (Lipinski definition) is 0. The van der Waals surface area contributed by atoms with Crippen molar-refractivity contribution in [1.29, 1.82) is 0 Å². The van der Waals surface area contributed by atoms with Crippen LogP contribution in [0.3, 0.4) is 0 Å². The molecule has 0 aromatic heterocycles. The number of fused-ring (bicyclic) bond motifs is 2. The van der Waals surface area contributed by atoms with E-state index in [2.05, 4.69) is 0 Å². The summed E-state index contributed by atoms with van der Waals surface area (Å²) in [5.74, 6) is 0. The van der Waals surface area contributed by atoms with Gasteiger partial charge in [0, 0.05) is 0 Å². The van der Waals surface area contributed by atoms with Crippen LogP contribution in [0.25, 0.3) is 21.5 Å². The predicted molar refractivity (Wildman–Crippen MR) is 129 cm³/mol. The van der Waals surface area contributed by atoms with Gasteiger partial charge in [-0.25, -0.2) is 16.8 Å². The SMILES string of the molecule is Cc1ccc2c(C)cccc2c1S(=O)(=O)[O-].Cc1ccc2c(C)cccc2c1S(=O)(=O)[O-].[Ca+2]. The molecule has 0 unspecified atom stereocenters. The molecule has 0 amide bonds. The summed E-state index contributed by atoms with van der Waals surface area (Å²) in [4.78, 5) is -0.206. The normalized spacial score (nSPS) is 11.6. The Labute approximate surface area is 224 Å². The molecule has 0 fully saturated rings. The van der Waals surface area contributed by atoms with E-state index in [1.807, 2.05) is 38.1 Å². The standard InChI is InChI=1S/2C12H12O3S.Ca/c2*1-8-4-3-5-11-10(8)7-6-9(2)12(11)16(13,14)15;/h2*3-7H,1-2H3,(H,13,14,15);/q;;+2/p-2. The van der Waals surface area contributed by atoms with Gasteiger partial charge in [-0.1, -0.05) is 60.7 Å². The van der Waals surface area contributed by atoms with Gasteiger partial charge < -0.3 is 9.11 Å². The van der Waals surface area contributed by atoms with E-state index in [1.54, 1.807) is 50.2 Å². The molecule has 4 aromatic rings. The Morgan fingerprint density at radius 3 is 1.12 bits per heavy atom. The summed E-state index contributed by atoms with van der Waals surface area (Å²) in [5.41, 5.74) is 2.91. The summed E-state index contributed by atoms with van der Waals surface area (Å²) < 4.78 is 67.3. The molecule has 0 saturated carbocycles. The van der Waals surface area contributed by atoms with Gasteiger partial charge in [0.2, 0.25) is 0 Å². The minimum atomic E-state index is -4.43. The fraction of sp³-hybridized carbons (Fsp3) is 0.167. The van der Waals surface area contributed by atoms with Gasteiger partial charge >= 0.3 is 37.7 Å². The number of hydrogen-bond acceptors (Lipinski definition) is 6. The van der Waals surface area contributed by atoms with Crippen LogP contribution in [-0.4, -0.2) is 63.7 Å². The Kier molecular flexibility index (Phi) is 8.73. The third-order valence-electron chi connectivity index (χ3n) is 5.35. The van der Waals surface area contributed by atoms with Gasteiger partial charge in [-0.3, -0.25) is 0 Å². The average Bonchev–Trinajstić information content (AvgIpc) is 2.66. The summed E-state index contributed by atoms with van der Waals surface area (Å²) in [6.45, 7) is 7.04. The molecule has 0 aliphatic rings. The zero-order valence-corrected chi connectivity index (χ0v) is 22.6. The third-order valence-corrected chi connectivity index (χ3v) is 7.44. The molecule has 4 rings (SSSR count). The molecule has 168 valence electrons. The van der Waals surface area contributed by atoms with Gasteiger partial charge in [-0.05, 0) is 71.5 Å². The molecular formula is C24H22CaO6S2. The molecule has 0 aliphatic heterocycles. The van der Waals surface area contributed by atoms with E-state index >= 15 is 0 Å². The first-order chi connectivity index (χ1) is 14.8. The first kappa shape index (κ1) is 27.7. The second-order valence-corrected chi connectivity index (χ2v) is 10.3. The summed E-state index contributed by atoms with van der Waals surface area (Å²) in [5, 5.41) is 2.63. The molecule has 0 bridgehead atoms. The van der Waals surface area contributed by atoms with E-state index in [0.29, 0.717) is 21.9 Å². The minimum Gasteiger partial charge on any atom is -0.744 e.